The molecule has 9 heteroatoms. The number of aliphatic imine (C=N–C) groups is 1. The SMILES string of the molecule is CN=C(Nc1ccc(C(=O)OC)cc1)SC1CC(=O)N(c2ccc(OC)cc2)C1=O. The van der Waals surface area contributed by atoms with E-state index in [-0.39, 0.29) is 18.2 Å². The quantitative estimate of drug-likeness (QED) is 0.339. The zero-order chi connectivity index (χ0) is 21.7. The molecule has 0 spiro atoms. The van der Waals surface area contributed by atoms with Crippen molar-refractivity contribution in [3.63, 3.8) is 0 Å². The van der Waals surface area contributed by atoms with Gasteiger partial charge < -0.3 is 14.8 Å². The van der Waals surface area contributed by atoms with Crippen LogP contribution >= 0.6 is 11.8 Å². The van der Waals surface area contributed by atoms with E-state index in [1.165, 1.54) is 23.8 Å². The number of amidine groups is 1. The Morgan fingerprint density at radius 2 is 1.77 bits per heavy atom. The number of methoxy groups -OCH3 is 2. The molecule has 1 heterocycles. The van der Waals surface area contributed by atoms with Crippen molar-refractivity contribution in [1.29, 1.82) is 0 Å². The number of hydrogen-bond donors (Lipinski definition) is 1. The predicted molar refractivity (Wildman–Crippen MR) is 116 cm³/mol. The lowest BCUT2D eigenvalue weighted by atomic mass is 10.2. The minimum Gasteiger partial charge on any atom is -0.497 e. The van der Waals surface area contributed by atoms with Crippen molar-refractivity contribution in [2.75, 3.05) is 31.5 Å². The van der Waals surface area contributed by atoms with Gasteiger partial charge in [-0.25, -0.2) is 9.69 Å². The number of nitrogens with one attached hydrogen (secondary N) is 1. The fourth-order valence-corrected chi connectivity index (χ4v) is 3.89. The van der Waals surface area contributed by atoms with Crippen LogP contribution < -0.4 is 15.0 Å². The third kappa shape index (κ3) is 4.62. The van der Waals surface area contributed by atoms with E-state index < -0.39 is 11.2 Å². The molecule has 1 fully saturated rings. The summed E-state index contributed by atoms with van der Waals surface area (Å²) >= 11 is 1.19. The summed E-state index contributed by atoms with van der Waals surface area (Å²) in [6.45, 7) is 0. The number of esters is 1. The molecule has 2 aromatic rings. The third-order valence-corrected chi connectivity index (χ3v) is 5.61. The van der Waals surface area contributed by atoms with Gasteiger partial charge in [-0.3, -0.25) is 14.6 Å². The molecule has 8 nitrogen and oxygen atoms in total. The summed E-state index contributed by atoms with van der Waals surface area (Å²) in [5.74, 6) is -0.333. The molecule has 1 N–H and O–H groups in total. The van der Waals surface area contributed by atoms with Crippen LogP contribution in [-0.4, -0.2) is 49.5 Å². The molecule has 1 aliphatic rings. The lowest BCUT2D eigenvalue weighted by Crippen LogP contribution is -2.31. The average molecular weight is 427 g/mol. The fourth-order valence-electron chi connectivity index (χ4n) is 2.90. The Balaban J connectivity index is 1.67. The second-order valence-electron chi connectivity index (χ2n) is 6.30. The molecule has 1 atom stereocenters. The van der Waals surface area contributed by atoms with Gasteiger partial charge in [0.25, 0.3) is 0 Å². The van der Waals surface area contributed by atoms with Gasteiger partial charge in [-0.1, -0.05) is 11.8 Å². The first-order chi connectivity index (χ1) is 14.5. The molecule has 0 aliphatic carbocycles. The molecule has 0 radical (unpaired) electrons. The van der Waals surface area contributed by atoms with Crippen LogP contribution in [0.5, 0.6) is 5.75 Å². The molecule has 156 valence electrons. The Morgan fingerprint density at radius 3 is 2.33 bits per heavy atom. The molecule has 0 saturated carbocycles. The van der Waals surface area contributed by atoms with Crippen LogP contribution in [-0.2, 0) is 14.3 Å². The van der Waals surface area contributed by atoms with Crippen molar-refractivity contribution < 1.29 is 23.9 Å². The molecule has 2 aromatic carbocycles. The Labute approximate surface area is 178 Å². The number of thioether (sulfide) groups is 1. The van der Waals surface area contributed by atoms with E-state index >= 15 is 0 Å². The molecule has 0 bridgehead atoms. The number of imide groups is 1. The van der Waals surface area contributed by atoms with Gasteiger partial charge in [-0.2, -0.15) is 0 Å². The first-order valence-electron chi connectivity index (χ1n) is 9.06. The zero-order valence-electron chi connectivity index (χ0n) is 16.7. The Bertz CT molecular complexity index is 973. The minimum absolute atomic E-state index is 0.0809. The predicted octanol–water partition coefficient (Wildman–Crippen LogP) is 2.94. The number of anilines is 2. The number of ether oxygens (including phenoxy) is 2. The summed E-state index contributed by atoms with van der Waals surface area (Å²) in [6, 6.07) is 13.4. The van der Waals surface area contributed by atoms with Crippen LogP contribution in [0.25, 0.3) is 0 Å². The van der Waals surface area contributed by atoms with Crippen molar-refractivity contribution in [1.82, 2.24) is 0 Å². The van der Waals surface area contributed by atoms with Crippen molar-refractivity contribution in [2.24, 2.45) is 4.99 Å². The highest BCUT2D eigenvalue weighted by atomic mass is 32.2. The number of benzene rings is 2. The number of rotatable bonds is 5. The number of carbonyl (C=O) groups is 3. The maximum absolute atomic E-state index is 12.8. The summed E-state index contributed by atoms with van der Waals surface area (Å²) in [4.78, 5) is 42.2. The molecule has 30 heavy (non-hydrogen) atoms. The van der Waals surface area contributed by atoms with Gasteiger partial charge in [0.1, 0.15) is 11.0 Å². The monoisotopic (exact) mass is 427 g/mol. The first-order valence-corrected chi connectivity index (χ1v) is 9.94. The summed E-state index contributed by atoms with van der Waals surface area (Å²) in [5.41, 5.74) is 1.63. The smallest absolute Gasteiger partial charge is 0.337 e. The first kappa shape index (κ1) is 21.4. The average Bonchev–Trinajstić information content (AvgIpc) is 3.06. The van der Waals surface area contributed by atoms with Crippen molar-refractivity contribution in [3.05, 3.63) is 54.1 Å². The second-order valence-corrected chi connectivity index (χ2v) is 7.49. The van der Waals surface area contributed by atoms with Crippen LogP contribution in [0, 0.1) is 0 Å². The van der Waals surface area contributed by atoms with Gasteiger partial charge in [0.2, 0.25) is 11.8 Å². The highest BCUT2D eigenvalue weighted by Crippen LogP contribution is 2.31. The summed E-state index contributed by atoms with van der Waals surface area (Å²) in [5, 5.41) is 3.01. The van der Waals surface area contributed by atoms with Crippen LogP contribution in [0.3, 0.4) is 0 Å². The molecule has 2 amide bonds. The van der Waals surface area contributed by atoms with E-state index in [2.05, 4.69) is 15.0 Å². The normalized spacial score (nSPS) is 16.6. The Morgan fingerprint density at radius 1 is 1.10 bits per heavy atom. The van der Waals surface area contributed by atoms with Gasteiger partial charge in [0.05, 0.1) is 25.5 Å². The fraction of sp³-hybridized carbons (Fsp3) is 0.238. The van der Waals surface area contributed by atoms with Gasteiger partial charge in [0.15, 0.2) is 5.17 Å². The van der Waals surface area contributed by atoms with Crippen molar-refractivity contribution in [3.8, 4) is 5.75 Å². The number of amides is 2. The van der Waals surface area contributed by atoms with E-state index in [4.69, 9.17) is 4.74 Å². The molecule has 0 aromatic heterocycles. The van der Waals surface area contributed by atoms with Gasteiger partial charge >= 0.3 is 5.97 Å². The summed E-state index contributed by atoms with van der Waals surface area (Å²) in [6.07, 6.45) is 0.0809. The molecular weight excluding hydrogens is 406 g/mol. The van der Waals surface area contributed by atoms with Crippen molar-refractivity contribution >= 4 is 46.1 Å². The molecule has 1 aliphatic heterocycles. The number of carbonyl (C=O) groups excluding carboxylic acids is 3. The van der Waals surface area contributed by atoms with E-state index in [1.807, 2.05) is 0 Å². The topological polar surface area (TPSA) is 97.3 Å². The molecule has 1 saturated heterocycles. The maximum atomic E-state index is 12.8. The van der Waals surface area contributed by atoms with Gasteiger partial charge in [-0.05, 0) is 48.5 Å². The largest absolute Gasteiger partial charge is 0.497 e. The molecule has 3 rings (SSSR count). The van der Waals surface area contributed by atoms with Crippen LogP contribution in [0.15, 0.2) is 53.5 Å². The van der Waals surface area contributed by atoms with E-state index in [1.54, 1.807) is 62.7 Å². The highest BCUT2D eigenvalue weighted by Gasteiger charge is 2.40. The second kappa shape index (κ2) is 9.45. The van der Waals surface area contributed by atoms with Crippen LogP contribution in [0.1, 0.15) is 16.8 Å². The maximum Gasteiger partial charge on any atom is 0.337 e. The third-order valence-electron chi connectivity index (χ3n) is 4.45. The zero-order valence-corrected chi connectivity index (χ0v) is 17.6. The van der Waals surface area contributed by atoms with E-state index in [0.29, 0.717) is 27.9 Å². The van der Waals surface area contributed by atoms with Crippen LogP contribution in [0.2, 0.25) is 0 Å². The molecule has 1 unspecified atom stereocenters. The minimum atomic E-state index is -0.583. The van der Waals surface area contributed by atoms with Gasteiger partial charge in [0, 0.05) is 19.2 Å². The summed E-state index contributed by atoms with van der Waals surface area (Å²) in [7, 11) is 4.47. The van der Waals surface area contributed by atoms with E-state index in [0.717, 1.165) is 0 Å². The van der Waals surface area contributed by atoms with Crippen molar-refractivity contribution in [2.45, 2.75) is 11.7 Å². The van der Waals surface area contributed by atoms with E-state index in [9.17, 15) is 14.4 Å². The summed E-state index contributed by atoms with van der Waals surface area (Å²) < 4.78 is 9.80. The van der Waals surface area contributed by atoms with Gasteiger partial charge in [-0.15, -0.1) is 0 Å². The lowest BCUT2D eigenvalue weighted by molar-refractivity contribution is -0.121. The number of hydrogen-bond acceptors (Lipinski definition) is 7. The standard InChI is InChI=1S/C21H21N3O5S/c1-22-21(23-14-6-4-13(5-7-14)20(27)29-3)30-17-12-18(25)24(19(17)26)15-8-10-16(28-2)11-9-15/h4-11,17H,12H2,1-3H3,(H,22,23). The highest BCUT2D eigenvalue weighted by molar-refractivity contribution is 8.15. The lowest BCUT2D eigenvalue weighted by Gasteiger charge is -2.16. The Kier molecular flexibility index (Phi) is 6.73. The Hall–Kier alpha value is -3.33. The van der Waals surface area contributed by atoms with Crippen LogP contribution in [0.4, 0.5) is 11.4 Å². The molecular formula is C21H21N3O5S. The number of nitrogens with zero attached hydrogens (tertiary/aromatic N) is 2.